The second-order valence-electron chi connectivity index (χ2n) is 6.03. The van der Waals surface area contributed by atoms with E-state index < -0.39 is 9.96 Å². The van der Waals surface area contributed by atoms with Crippen LogP contribution in [-0.2, 0) is 4.79 Å². The Balaban J connectivity index is 2.53. The van der Waals surface area contributed by atoms with Crippen LogP contribution < -0.4 is 20.7 Å². The van der Waals surface area contributed by atoms with E-state index in [1.165, 1.54) is 6.42 Å². The monoisotopic (exact) mass is 453 g/mol. The fraction of sp³-hybridized carbons (Fsp3) is 0.556. The first-order valence-corrected chi connectivity index (χ1v) is 10.4. The van der Waals surface area contributed by atoms with E-state index in [1.54, 1.807) is 31.4 Å². The number of amides is 1. The first-order chi connectivity index (χ1) is 12.8. The average molecular weight is 455 g/mol. The van der Waals surface area contributed by atoms with Crippen LogP contribution in [0.25, 0.3) is 0 Å². The molecule has 3 N–H and O–H groups in total. The van der Waals surface area contributed by atoms with Crippen molar-refractivity contribution in [3.8, 4) is 5.75 Å². The molecule has 1 aromatic carbocycles. The quantitative estimate of drug-likeness (QED) is 0.197. The van der Waals surface area contributed by atoms with E-state index in [0.29, 0.717) is 6.42 Å². The molecule has 0 fully saturated rings. The lowest BCUT2D eigenvalue weighted by atomic mass is 10.1. The second-order valence-corrected chi connectivity index (χ2v) is 8.81. The number of ether oxygens (including phenoxy) is 1. The zero-order valence-electron chi connectivity index (χ0n) is 15.5. The van der Waals surface area contributed by atoms with Crippen LogP contribution in [0.4, 0.5) is 5.69 Å². The number of hydrogen-bond donors (Lipinski definition) is 3. The predicted octanol–water partition coefficient (Wildman–Crippen LogP) is 5.15. The van der Waals surface area contributed by atoms with E-state index in [1.807, 2.05) is 0 Å². The Morgan fingerprint density at radius 2 is 1.74 bits per heavy atom. The third-order valence-corrected chi connectivity index (χ3v) is 4.64. The summed E-state index contributed by atoms with van der Waals surface area (Å²) >= 11 is 23.2. The highest BCUT2D eigenvalue weighted by Crippen LogP contribution is 2.29. The molecule has 0 aliphatic heterocycles. The molecular weight excluding hydrogens is 429 g/mol. The summed E-state index contributed by atoms with van der Waals surface area (Å²) in [4.78, 5) is 12.1. The molecule has 0 aliphatic carbocycles. The van der Waals surface area contributed by atoms with Crippen molar-refractivity contribution in [1.82, 2.24) is 10.6 Å². The molecule has 1 atom stereocenters. The summed E-state index contributed by atoms with van der Waals surface area (Å²) in [7, 11) is 1.59. The minimum atomic E-state index is -1.76. The normalized spacial score (nSPS) is 12.2. The fourth-order valence-corrected chi connectivity index (χ4v) is 2.86. The summed E-state index contributed by atoms with van der Waals surface area (Å²) in [6, 6.07) is 7.17. The number of thiocarbonyl (C=S) groups is 1. The van der Waals surface area contributed by atoms with Crippen LogP contribution >= 0.6 is 47.0 Å². The Morgan fingerprint density at radius 3 is 2.30 bits per heavy atom. The van der Waals surface area contributed by atoms with Crippen molar-refractivity contribution in [2.75, 3.05) is 12.4 Å². The van der Waals surface area contributed by atoms with Crippen LogP contribution in [0.1, 0.15) is 45.4 Å². The number of nitrogens with one attached hydrogen (secondary N) is 3. The molecule has 0 heterocycles. The van der Waals surface area contributed by atoms with Gasteiger partial charge in [-0.25, -0.2) is 0 Å². The van der Waals surface area contributed by atoms with Crippen molar-refractivity contribution in [1.29, 1.82) is 0 Å². The molecule has 152 valence electrons. The van der Waals surface area contributed by atoms with Crippen LogP contribution in [-0.4, -0.2) is 28.1 Å². The number of benzene rings is 1. The zero-order chi connectivity index (χ0) is 20.3. The number of hydrogen-bond acceptors (Lipinski definition) is 3. The topological polar surface area (TPSA) is 62.4 Å². The van der Waals surface area contributed by atoms with Crippen molar-refractivity contribution < 1.29 is 9.53 Å². The van der Waals surface area contributed by atoms with Gasteiger partial charge in [0.1, 0.15) is 11.9 Å². The van der Waals surface area contributed by atoms with Crippen molar-refractivity contribution >= 4 is 63.7 Å². The van der Waals surface area contributed by atoms with E-state index >= 15 is 0 Å². The summed E-state index contributed by atoms with van der Waals surface area (Å²) in [5.74, 6) is 0.535. The first-order valence-electron chi connectivity index (χ1n) is 8.84. The second kappa shape index (κ2) is 12.5. The highest BCUT2D eigenvalue weighted by Gasteiger charge is 2.34. The minimum Gasteiger partial charge on any atom is -0.497 e. The maximum Gasteiger partial charge on any atom is 0.228 e. The summed E-state index contributed by atoms with van der Waals surface area (Å²) in [6.07, 6.45) is 4.67. The molecule has 0 radical (unpaired) electrons. The summed E-state index contributed by atoms with van der Waals surface area (Å²) in [6.45, 7) is 2.15. The maximum atomic E-state index is 12.1. The van der Waals surface area contributed by atoms with Crippen LogP contribution in [0.3, 0.4) is 0 Å². The molecule has 5 nitrogen and oxygen atoms in total. The number of methoxy groups -OCH3 is 1. The van der Waals surface area contributed by atoms with Gasteiger partial charge in [0.15, 0.2) is 5.11 Å². The third kappa shape index (κ3) is 10.2. The van der Waals surface area contributed by atoms with E-state index in [2.05, 4.69) is 22.9 Å². The highest BCUT2D eigenvalue weighted by atomic mass is 35.6. The zero-order valence-corrected chi connectivity index (χ0v) is 18.6. The molecule has 9 heteroatoms. The van der Waals surface area contributed by atoms with Gasteiger partial charge >= 0.3 is 0 Å². The molecule has 0 saturated heterocycles. The third-order valence-electron chi connectivity index (χ3n) is 3.76. The molecule has 1 rings (SSSR count). The number of carbonyl (C=O) groups is 1. The minimum absolute atomic E-state index is 0.192. The van der Waals surface area contributed by atoms with Gasteiger partial charge in [-0.15, -0.1) is 0 Å². The maximum absolute atomic E-state index is 12.1. The number of carbonyl (C=O) groups excluding carboxylic acids is 1. The Bertz CT molecular complexity index is 595. The standard InChI is InChI=1S/C18H26Cl3N3O2S/c1-3-4-5-6-7-8-15(25)23-16(18(19,20)21)24-17(27)22-13-9-11-14(26-2)12-10-13/h9-12,16H,3-8H2,1-2H3,(H,23,25)(H2,22,24,27). The molecule has 1 aromatic rings. The van der Waals surface area contributed by atoms with Gasteiger partial charge in [-0.1, -0.05) is 67.4 Å². The van der Waals surface area contributed by atoms with E-state index in [4.69, 9.17) is 51.8 Å². The van der Waals surface area contributed by atoms with Gasteiger partial charge in [0, 0.05) is 12.1 Å². The van der Waals surface area contributed by atoms with Gasteiger partial charge in [0.2, 0.25) is 9.70 Å². The molecule has 0 saturated carbocycles. The molecule has 0 spiro atoms. The SMILES string of the molecule is CCCCCCCC(=O)NC(NC(=S)Nc1ccc(OC)cc1)C(Cl)(Cl)Cl. The van der Waals surface area contributed by atoms with Crippen molar-refractivity contribution in [2.24, 2.45) is 0 Å². The van der Waals surface area contributed by atoms with Gasteiger partial charge in [-0.2, -0.15) is 0 Å². The average Bonchev–Trinajstić information content (AvgIpc) is 2.61. The van der Waals surface area contributed by atoms with Gasteiger partial charge in [0.05, 0.1) is 7.11 Å². The number of alkyl halides is 3. The summed E-state index contributed by atoms with van der Waals surface area (Å²) in [5.41, 5.74) is 0.735. The first kappa shape index (κ1) is 24.1. The van der Waals surface area contributed by atoms with Gasteiger partial charge < -0.3 is 20.7 Å². The number of rotatable bonds is 10. The highest BCUT2D eigenvalue weighted by molar-refractivity contribution is 7.80. The number of halogens is 3. The largest absolute Gasteiger partial charge is 0.497 e. The lowest BCUT2D eigenvalue weighted by Gasteiger charge is -2.27. The van der Waals surface area contributed by atoms with Crippen molar-refractivity contribution in [3.63, 3.8) is 0 Å². The van der Waals surface area contributed by atoms with Crippen LogP contribution in [0, 0.1) is 0 Å². The summed E-state index contributed by atoms with van der Waals surface area (Å²) in [5, 5.41) is 8.72. The van der Waals surface area contributed by atoms with E-state index in [9.17, 15) is 4.79 Å². The Morgan fingerprint density at radius 1 is 1.11 bits per heavy atom. The lowest BCUT2D eigenvalue weighted by molar-refractivity contribution is -0.122. The number of anilines is 1. The smallest absolute Gasteiger partial charge is 0.228 e. The summed E-state index contributed by atoms with van der Waals surface area (Å²) < 4.78 is 3.34. The lowest BCUT2D eigenvalue weighted by Crippen LogP contribution is -2.56. The Hall–Kier alpha value is -0.950. The van der Waals surface area contributed by atoms with E-state index in [-0.39, 0.29) is 11.0 Å². The van der Waals surface area contributed by atoms with Crippen LogP contribution in [0.5, 0.6) is 5.75 Å². The predicted molar refractivity (Wildman–Crippen MR) is 118 cm³/mol. The fourth-order valence-electron chi connectivity index (χ4n) is 2.29. The van der Waals surface area contributed by atoms with Gasteiger partial charge in [0.25, 0.3) is 0 Å². The Labute approximate surface area is 181 Å². The number of unbranched alkanes of at least 4 members (excludes halogenated alkanes) is 4. The molecule has 1 unspecified atom stereocenters. The van der Waals surface area contributed by atoms with Crippen molar-refractivity contribution in [2.45, 2.75) is 55.4 Å². The molecule has 0 aromatic heterocycles. The van der Waals surface area contributed by atoms with Crippen molar-refractivity contribution in [3.05, 3.63) is 24.3 Å². The van der Waals surface area contributed by atoms with Crippen LogP contribution in [0.15, 0.2) is 24.3 Å². The molecular formula is C18H26Cl3N3O2S. The molecule has 1 amide bonds. The molecule has 0 bridgehead atoms. The van der Waals surface area contributed by atoms with E-state index in [0.717, 1.165) is 37.1 Å². The molecule has 27 heavy (non-hydrogen) atoms. The van der Waals surface area contributed by atoms with Crippen LogP contribution in [0.2, 0.25) is 0 Å². The van der Waals surface area contributed by atoms with Gasteiger partial charge in [-0.3, -0.25) is 4.79 Å². The Kier molecular flexibility index (Phi) is 11.1. The van der Waals surface area contributed by atoms with Gasteiger partial charge in [-0.05, 0) is 42.9 Å². The molecule has 0 aliphatic rings.